The van der Waals surface area contributed by atoms with Crippen molar-refractivity contribution in [2.45, 2.75) is 32.6 Å². The van der Waals surface area contributed by atoms with Crippen molar-refractivity contribution >= 4 is 35.8 Å². The van der Waals surface area contributed by atoms with E-state index in [9.17, 15) is 4.79 Å². The Kier molecular flexibility index (Phi) is 11.4. The van der Waals surface area contributed by atoms with Crippen LogP contribution in [0.25, 0.3) is 0 Å². The van der Waals surface area contributed by atoms with Crippen LogP contribution in [-0.2, 0) is 11.8 Å². The molecule has 0 aliphatic rings. The maximum absolute atomic E-state index is 11.8. The number of guanidine groups is 1. The third-order valence-corrected chi connectivity index (χ3v) is 4.97. The Morgan fingerprint density at radius 3 is 2.42 bits per heavy atom. The zero-order valence-corrected chi connectivity index (χ0v) is 21.4. The van der Waals surface area contributed by atoms with E-state index in [0.29, 0.717) is 12.1 Å². The summed E-state index contributed by atoms with van der Waals surface area (Å²) >= 11 is 0. The van der Waals surface area contributed by atoms with Crippen molar-refractivity contribution < 1.29 is 9.53 Å². The highest BCUT2D eigenvalue weighted by Gasteiger charge is 2.20. The number of nitrogens with zero attached hydrogens (tertiary/aromatic N) is 1. The molecule has 2 aromatic rings. The third-order valence-electron chi connectivity index (χ3n) is 4.97. The molecule has 6 nitrogen and oxygen atoms in total. The van der Waals surface area contributed by atoms with Crippen molar-refractivity contribution in [2.75, 3.05) is 33.8 Å². The Balaban J connectivity index is 0.00000480. The molecule has 0 bridgehead atoms. The minimum absolute atomic E-state index is 0. The van der Waals surface area contributed by atoms with Crippen LogP contribution in [0, 0.1) is 0 Å². The van der Waals surface area contributed by atoms with Gasteiger partial charge in [-0.2, -0.15) is 0 Å². The van der Waals surface area contributed by atoms with E-state index in [1.165, 1.54) is 5.56 Å². The fourth-order valence-corrected chi connectivity index (χ4v) is 3.09. The molecule has 0 spiro atoms. The molecule has 0 aliphatic carbocycles. The van der Waals surface area contributed by atoms with Gasteiger partial charge in [0.2, 0.25) is 0 Å². The molecule has 31 heavy (non-hydrogen) atoms. The topological polar surface area (TPSA) is 74.8 Å². The number of carbonyl (C=O) groups is 1. The lowest BCUT2D eigenvalue weighted by molar-refractivity contribution is 0.0963. The van der Waals surface area contributed by atoms with Gasteiger partial charge >= 0.3 is 0 Å². The summed E-state index contributed by atoms with van der Waals surface area (Å²) in [6.45, 7) is 8.60. The number of aliphatic imine (C=N–C) groups is 1. The predicted molar refractivity (Wildman–Crippen MR) is 139 cm³/mol. The number of methoxy groups -OCH3 is 1. The van der Waals surface area contributed by atoms with E-state index >= 15 is 0 Å². The van der Waals surface area contributed by atoms with Crippen LogP contribution in [0.4, 0.5) is 0 Å². The molecule has 0 fully saturated rings. The first kappa shape index (κ1) is 26.7. The molecule has 0 unspecified atom stereocenters. The maximum Gasteiger partial charge on any atom is 0.251 e. The number of benzene rings is 2. The minimum Gasteiger partial charge on any atom is -0.497 e. The maximum atomic E-state index is 11.8. The zero-order chi connectivity index (χ0) is 22.0. The number of ether oxygens (including phenoxy) is 1. The normalized spacial score (nSPS) is 11.3. The largest absolute Gasteiger partial charge is 0.497 e. The number of carbonyl (C=O) groups excluding carboxylic acids is 1. The average molecular weight is 538 g/mol. The molecule has 170 valence electrons. The summed E-state index contributed by atoms with van der Waals surface area (Å²) in [5, 5.41) is 9.36. The van der Waals surface area contributed by atoms with Crippen molar-refractivity contribution in [1.29, 1.82) is 0 Å². The van der Waals surface area contributed by atoms with E-state index in [1.54, 1.807) is 14.2 Å². The second-order valence-corrected chi connectivity index (χ2v) is 7.76. The van der Waals surface area contributed by atoms with E-state index < -0.39 is 0 Å². The first-order chi connectivity index (χ1) is 14.4. The van der Waals surface area contributed by atoms with Gasteiger partial charge in [-0.25, -0.2) is 0 Å². The molecule has 0 radical (unpaired) electrons. The van der Waals surface area contributed by atoms with Gasteiger partial charge in [0.25, 0.3) is 5.91 Å². The van der Waals surface area contributed by atoms with Crippen LogP contribution in [0.15, 0.2) is 53.5 Å². The summed E-state index contributed by atoms with van der Waals surface area (Å²) < 4.78 is 5.25. The Hall–Kier alpha value is -2.29. The number of hydrogen-bond donors (Lipinski definition) is 3. The van der Waals surface area contributed by atoms with Crippen molar-refractivity contribution in [2.24, 2.45) is 4.99 Å². The van der Waals surface area contributed by atoms with Crippen LogP contribution >= 0.6 is 24.0 Å². The molecule has 0 atom stereocenters. The van der Waals surface area contributed by atoms with Crippen molar-refractivity contribution in [3.8, 4) is 5.75 Å². The van der Waals surface area contributed by atoms with Gasteiger partial charge in [-0.05, 0) is 48.7 Å². The quantitative estimate of drug-likeness (QED) is 0.258. The summed E-state index contributed by atoms with van der Waals surface area (Å²) in [6, 6.07) is 15.8. The number of halogens is 1. The van der Waals surface area contributed by atoms with Crippen LogP contribution in [0.1, 0.15) is 42.3 Å². The molecule has 3 N–H and O–H groups in total. The monoisotopic (exact) mass is 538 g/mol. The Bertz CT molecular complexity index is 851. The fraction of sp³-hybridized carbons (Fsp3) is 0.417. The summed E-state index contributed by atoms with van der Waals surface area (Å²) in [4.78, 5) is 16.6. The summed E-state index contributed by atoms with van der Waals surface area (Å²) in [5.41, 5.74) is 2.90. The van der Waals surface area contributed by atoms with Gasteiger partial charge in [0.15, 0.2) is 5.96 Å². The van der Waals surface area contributed by atoms with E-state index in [2.05, 4.69) is 48.9 Å². The molecule has 7 heteroatoms. The highest BCUT2D eigenvalue weighted by atomic mass is 127. The molecular formula is C24H35IN4O2. The highest BCUT2D eigenvalue weighted by molar-refractivity contribution is 14.0. The second kappa shape index (κ2) is 13.2. The SMILES string of the molecule is CCNC(=NCC(C)(C)c1ccc(OC)cc1)NCCc1cccc(C(=O)NC)c1.I. The van der Waals surface area contributed by atoms with Gasteiger partial charge in [-0.15, -0.1) is 24.0 Å². The van der Waals surface area contributed by atoms with E-state index in [4.69, 9.17) is 9.73 Å². The number of nitrogens with one attached hydrogen (secondary N) is 3. The molecule has 2 rings (SSSR count). The molecule has 2 aromatic carbocycles. The van der Waals surface area contributed by atoms with Gasteiger partial charge in [-0.1, -0.05) is 38.1 Å². The van der Waals surface area contributed by atoms with Gasteiger partial charge < -0.3 is 20.7 Å². The fourth-order valence-electron chi connectivity index (χ4n) is 3.09. The Labute approximate surface area is 203 Å². The number of amides is 1. The highest BCUT2D eigenvalue weighted by Crippen LogP contribution is 2.25. The summed E-state index contributed by atoms with van der Waals surface area (Å²) in [5.74, 6) is 1.58. The van der Waals surface area contributed by atoms with Crippen molar-refractivity contribution in [1.82, 2.24) is 16.0 Å². The van der Waals surface area contributed by atoms with Gasteiger partial charge in [-0.3, -0.25) is 9.79 Å². The predicted octanol–water partition coefficient (Wildman–Crippen LogP) is 3.75. The second-order valence-electron chi connectivity index (χ2n) is 7.76. The lowest BCUT2D eigenvalue weighted by atomic mass is 9.85. The lowest BCUT2D eigenvalue weighted by Gasteiger charge is -2.24. The van der Waals surface area contributed by atoms with Gasteiger partial charge in [0.05, 0.1) is 13.7 Å². The number of rotatable bonds is 9. The molecule has 0 saturated carbocycles. The molecule has 0 heterocycles. The molecule has 0 aliphatic heterocycles. The third kappa shape index (κ3) is 8.40. The Morgan fingerprint density at radius 1 is 1.10 bits per heavy atom. The lowest BCUT2D eigenvalue weighted by Crippen LogP contribution is -2.39. The molecular weight excluding hydrogens is 503 g/mol. The van der Waals surface area contributed by atoms with Crippen LogP contribution in [0.5, 0.6) is 5.75 Å². The molecule has 0 aromatic heterocycles. The number of hydrogen-bond acceptors (Lipinski definition) is 3. The van der Waals surface area contributed by atoms with E-state index in [0.717, 1.165) is 36.8 Å². The van der Waals surface area contributed by atoms with Gasteiger partial charge in [0, 0.05) is 31.1 Å². The van der Waals surface area contributed by atoms with Crippen LogP contribution in [-0.4, -0.2) is 45.7 Å². The summed E-state index contributed by atoms with van der Waals surface area (Å²) in [7, 11) is 3.32. The van der Waals surface area contributed by atoms with Crippen molar-refractivity contribution in [3.05, 3.63) is 65.2 Å². The standard InChI is InChI=1S/C24H34N4O2.HI/c1-6-26-23(27-15-14-18-8-7-9-19(16-18)22(29)25-4)28-17-24(2,3)20-10-12-21(30-5)13-11-20;/h7-13,16H,6,14-15,17H2,1-5H3,(H,25,29)(H2,26,27,28);1H. The first-order valence-corrected chi connectivity index (χ1v) is 10.4. The average Bonchev–Trinajstić information content (AvgIpc) is 2.77. The van der Waals surface area contributed by atoms with Crippen molar-refractivity contribution in [3.63, 3.8) is 0 Å². The minimum atomic E-state index is -0.101. The smallest absolute Gasteiger partial charge is 0.251 e. The van der Waals surface area contributed by atoms with Gasteiger partial charge in [0.1, 0.15) is 5.75 Å². The zero-order valence-electron chi connectivity index (χ0n) is 19.1. The van der Waals surface area contributed by atoms with Crippen LogP contribution < -0.4 is 20.7 Å². The van der Waals surface area contributed by atoms with Crippen LogP contribution in [0.3, 0.4) is 0 Å². The molecule has 0 saturated heterocycles. The Morgan fingerprint density at radius 2 is 1.81 bits per heavy atom. The molecule has 1 amide bonds. The van der Waals surface area contributed by atoms with E-state index in [-0.39, 0.29) is 35.3 Å². The van der Waals surface area contributed by atoms with E-state index in [1.807, 2.05) is 36.4 Å². The first-order valence-electron chi connectivity index (χ1n) is 10.4. The summed E-state index contributed by atoms with van der Waals surface area (Å²) in [6.07, 6.45) is 0.803. The van der Waals surface area contributed by atoms with Crippen LogP contribution in [0.2, 0.25) is 0 Å².